The molecule has 0 aromatic heterocycles. The average molecular weight is 379 g/mol. The summed E-state index contributed by atoms with van der Waals surface area (Å²) in [6.07, 6.45) is 1.44. The van der Waals surface area contributed by atoms with Crippen molar-refractivity contribution in [1.29, 1.82) is 0 Å². The molecule has 7 heteroatoms. The van der Waals surface area contributed by atoms with E-state index in [1.165, 1.54) is 12.1 Å². The van der Waals surface area contributed by atoms with E-state index in [2.05, 4.69) is 10.0 Å². The minimum absolute atomic E-state index is 0.0949. The molecule has 2 aromatic carbocycles. The molecule has 0 saturated carbocycles. The molecule has 25 heavy (non-hydrogen) atoms. The van der Waals surface area contributed by atoms with E-state index >= 15 is 0 Å². The molecule has 0 atom stereocenters. The summed E-state index contributed by atoms with van der Waals surface area (Å²) in [5.74, 6) is -0.308. The van der Waals surface area contributed by atoms with Crippen molar-refractivity contribution >= 4 is 38.9 Å². The first-order valence-corrected chi connectivity index (χ1v) is 9.38. The summed E-state index contributed by atoms with van der Waals surface area (Å²) in [4.78, 5) is 11.9. The number of allylic oxidation sites excluding steroid dienone is 1. The van der Waals surface area contributed by atoms with Crippen LogP contribution in [0.1, 0.15) is 19.4 Å². The van der Waals surface area contributed by atoms with Crippen molar-refractivity contribution in [2.24, 2.45) is 0 Å². The summed E-state index contributed by atoms with van der Waals surface area (Å²) < 4.78 is 27.8. The lowest BCUT2D eigenvalue weighted by molar-refractivity contribution is -0.111. The van der Waals surface area contributed by atoms with Gasteiger partial charge in [0.25, 0.3) is 10.0 Å². The molecule has 2 aromatic rings. The van der Waals surface area contributed by atoms with Crippen molar-refractivity contribution in [2.45, 2.75) is 25.7 Å². The van der Waals surface area contributed by atoms with Gasteiger partial charge in [0.15, 0.2) is 0 Å². The third-order valence-corrected chi connectivity index (χ3v) is 5.04. The number of amides is 1. The van der Waals surface area contributed by atoms with Crippen LogP contribution < -0.4 is 10.0 Å². The Morgan fingerprint density at radius 1 is 1.04 bits per heavy atom. The standard InChI is InChI=1S/C18H19ClN2O3S/c1-12(2)10-18(22)20-16-7-4-13(3)17(11-16)25(23,24)21-15-8-5-14(19)6-9-15/h4-11,21H,1-3H3,(H,20,22). The van der Waals surface area contributed by atoms with Crippen molar-refractivity contribution in [1.82, 2.24) is 0 Å². The Hall–Kier alpha value is -2.31. The quantitative estimate of drug-likeness (QED) is 0.759. The van der Waals surface area contributed by atoms with E-state index in [-0.39, 0.29) is 10.8 Å². The Kier molecular flexibility index (Phi) is 5.87. The van der Waals surface area contributed by atoms with Crippen molar-refractivity contribution in [3.8, 4) is 0 Å². The van der Waals surface area contributed by atoms with Crippen LogP contribution in [0.5, 0.6) is 0 Å². The highest BCUT2D eigenvalue weighted by Gasteiger charge is 2.18. The second kappa shape index (κ2) is 7.72. The van der Waals surface area contributed by atoms with Gasteiger partial charge in [0.1, 0.15) is 0 Å². The zero-order valence-corrected chi connectivity index (χ0v) is 15.7. The lowest BCUT2D eigenvalue weighted by Crippen LogP contribution is -2.15. The van der Waals surface area contributed by atoms with Crippen LogP contribution in [0.25, 0.3) is 0 Å². The Bertz CT molecular complexity index is 916. The number of carbonyl (C=O) groups is 1. The number of hydrogen-bond donors (Lipinski definition) is 2. The van der Waals surface area contributed by atoms with Gasteiger partial charge in [-0.1, -0.05) is 23.2 Å². The summed E-state index contributed by atoms with van der Waals surface area (Å²) in [6, 6.07) is 11.1. The molecule has 1 amide bonds. The van der Waals surface area contributed by atoms with Crippen LogP contribution in [0.2, 0.25) is 5.02 Å². The SMILES string of the molecule is CC(C)=CC(=O)Nc1ccc(C)c(S(=O)(=O)Nc2ccc(Cl)cc2)c1. The van der Waals surface area contributed by atoms with E-state index < -0.39 is 10.0 Å². The summed E-state index contributed by atoms with van der Waals surface area (Å²) in [7, 11) is -3.80. The third kappa shape index (κ3) is 5.34. The molecule has 0 unspecified atom stereocenters. The average Bonchev–Trinajstić information content (AvgIpc) is 2.50. The molecule has 0 aliphatic carbocycles. The Labute approximate surface area is 152 Å². The normalized spacial score (nSPS) is 10.9. The van der Waals surface area contributed by atoms with Gasteiger partial charge in [0.2, 0.25) is 5.91 Å². The fraction of sp³-hybridized carbons (Fsp3) is 0.167. The van der Waals surface area contributed by atoms with Crippen LogP contribution in [0, 0.1) is 6.92 Å². The Morgan fingerprint density at radius 3 is 2.24 bits per heavy atom. The van der Waals surface area contributed by atoms with E-state index in [4.69, 9.17) is 11.6 Å². The summed E-state index contributed by atoms with van der Waals surface area (Å²) in [5, 5.41) is 3.18. The largest absolute Gasteiger partial charge is 0.322 e. The van der Waals surface area contributed by atoms with E-state index in [1.807, 2.05) is 0 Å². The first kappa shape index (κ1) is 19.0. The van der Waals surface area contributed by atoms with Gasteiger partial charge in [-0.05, 0) is 62.7 Å². The van der Waals surface area contributed by atoms with Gasteiger partial charge < -0.3 is 5.32 Å². The molecule has 0 spiro atoms. The molecule has 0 fully saturated rings. The predicted octanol–water partition coefficient (Wildman–Crippen LogP) is 4.35. The number of hydrogen-bond acceptors (Lipinski definition) is 3. The molecular formula is C18H19ClN2O3S. The van der Waals surface area contributed by atoms with E-state index in [1.54, 1.807) is 57.2 Å². The number of benzene rings is 2. The van der Waals surface area contributed by atoms with Gasteiger partial charge in [-0.3, -0.25) is 9.52 Å². The van der Waals surface area contributed by atoms with Crippen molar-refractivity contribution in [2.75, 3.05) is 10.0 Å². The predicted molar refractivity (Wildman–Crippen MR) is 102 cm³/mol. The molecule has 0 saturated heterocycles. The topological polar surface area (TPSA) is 75.3 Å². The van der Waals surface area contributed by atoms with Crippen LogP contribution in [-0.4, -0.2) is 14.3 Å². The molecular weight excluding hydrogens is 360 g/mol. The minimum Gasteiger partial charge on any atom is -0.322 e. The van der Waals surface area contributed by atoms with Gasteiger partial charge in [-0.2, -0.15) is 0 Å². The number of aryl methyl sites for hydroxylation is 1. The summed E-state index contributed by atoms with van der Waals surface area (Å²) in [6.45, 7) is 5.30. The zero-order valence-electron chi connectivity index (χ0n) is 14.1. The van der Waals surface area contributed by atoms with Crippen LogP contribution in [0.4, 0.5) is 11.4 Å². The highest BCUT2D eigenvalue weighted by atomic mass is 35.5. The summed E-state index contributed by atoms with van der Waals surface area (Å²) >= 11 is 5.81. The van der Waals surface area contributed by atoms with Crippen molar-refractivity contribution in [3.05, 3.63) is 64.7 Å². The van der Waals surface area contributed by atoms with E-state index in [9.17, 15) is 13.2 Å². The number of halogens is 1. The third-order valence-electron chi connectivity index (χ3n) is 3.26. The number of carbonyl (C=O) groups excluding carboxylic acids is 1. The molecule has 132 valence electrons. The molecule has 2 rings (SSSR count). The number of sulfonamides is 1. The monoisotopic (exact) mass is 378 g/mol. The maximum Gasteiger partial charge on any atom is 0.262 e. The maximum absolute atomic E-state index is 12.7. The van der Waals surface area contributed by atoms with Crippen LogP contribution in [0.15, 0.2) is 59.0 Å². The smallest absolute Gasteiger partial charge is 0.262 e. The van der Waals surface area contributed by atoms with Crippen molar-refractivity contribution in [3.63, 3.8) is 0 Å². The molecule has 0 heterocycles. The van der Waals surface area contributed by atoms with Crippen molar-refractivity contribution < 1.29 is 13.2 Å². The molecule has 0 radical (unpaired) electrons. The van der Waals surface area contributed by atoms with Crippen LogP contribution >= 0.6 is 11.6 Å². The Balaban J connectivity index is 2.30. The number of anilines is 2. The highest BCUT2D eigenvalue weighted by molar-refractivity contribution is 7.92. The highest BCUT2D eigenvalue weighted by Crippen LogP contribution is 2.23. The van der Waals surface area contributed by atoms with Gasteiger partial charge in [0, 0.05) is 22.5 Å². The second-order valence-electron chi connectivity index (χ2n) is 5.80. The molecule has 0 aliphatic heterocycles. The van der Waals surface area contributed by atoms with Gasteiger partial charge >= 0.3 is 0 Å². The Morgan fingerprint density at radius 2 is 1.64 bits per heavy atom. The first-order chi connectivity index (χ1) is 11.7. The fourth-order valence-corrected chi connectivity index (χ4v) is 3.59. The molecule has 0 aliphatic rings. The fourth-order valence-electron chi connectivity index (χ4n) is 2.14. The second-order valence-corrected chi connectivity index (χ2v) is 7.89. The maximum atomic E-state index is 12.7. The minimum atomic E-state index is -3.80. The van der Waals surface area contributed by atoms with Crippen LogP contribution in [0.3, 0.4) is 0 Å². The van der Waals surface area contributed by atoms with Gasteiger partial charge in [-0.15, -0.1) is 0 Å². The molecule has 2 N–H and O–H groups in total. The lowest BCUT2D eigenvalue weighted by atomic mass is 10.2. The van der Waals surface area contributed by atoms with E-state index in [0.29, 0.717) is 22.0 Å². The first-order valence-electron chi connectivity index (χ1n) is 7.52. The molecule has 0 bridgehead atoms. The van der Waals surface area contributed by atoms with Gasteiger partial charge in [-0.25, -0.2) is 8.42 Å². The van der Waals surface area contributed by atoms with Crippen LogP contribution in [-0.2, 0) is 14.8 Å². The number of nitrogens with one attached hydrogen (secondary N) is 2. The summed E-state index contributed by atoms with van der Waals surface area (Å²) in [5.41, 5.74) is 2.23. The lowest BCUT2D eigenvalue weighted by Gasteiger charge is -2.12. The number of rotatable bonds is 5. The van der Waals surface area contributed by atoms with Gasteiger partial charge in [0.05, 0.1) is 4.90 Å². The molecule has 5 nitrogen and oxygen atoms in total. The zero-order chi connectivity index (χ0) is 18.6. The van der Waals surface area contributed by atoms with E-state index in [0.717, 1.165) is 5.57 Å².